The van der Waals surface area contributed by atoms with Crippen LogP contribution in [0.15, 0.2) is 35.1 Å². The molecule has 1 fully saturated rings. The maximum absolute atomic E-state index is 15.0. The van der Waals surface area contributed by atoms with Crippen molar-refractivity contribution in [1.82, 2.24) is 4.57 Å². The first-order chi connectivity index (χ1) is 21.5. The Morgan fingerprint density at radius 2 is 1.44 bits per heavy atom. The lowest BCUT2D eigenvalue weighted by Gasteiger charge is -2.33. The largest absolute Gasteiger partial charge is 0.493 e. The minimum Gasteiger partial charge on any atom is -0.493 e. The topological polar surface area (TPSA) is 99.5 Å². The Morgan fingerprint density at radius 1 is 0.867 bits per heavy atom. The van der Waals surface area contributed by atoms with Crippen molar-refractivity contribution < 1.29 is 37.3 Å². The Balaban J connectivity index is 2.12. The van der Waals surface area contributed by atoms with Crippen molar-refractivity contribution >= 4 is 34.5 Å². The van der Waals surface area contributed by atoms with Crippen molar-refractivity contribution in [2.75, 3.05) is 50.3 Å². The number of carbonyl (C=O) groups excluding carboxylic acids is 2. The summed E-state index contributed by atoms with van der Waals surface area (Å²) < 4.78 is 52.7. The molecule has 0 bridgehead atoms. The third-order valence-electron chi connectivity index (χ3n) is 7.40. The maximum Gasteiger partial charge on any atom is 0.424 e. The molecule has 2 aromatic carbocycles. The van der Waals surface area contributed by atoms with Crippen LogP contribution in [0.2, 0.25) is 0 Å². The summed E-state index contributed by atoms with van der Waals surface area (Å²) in [5.41, 5.74) is -0.496. The third-order valence-corrected chi connectivity index (χ3v) is 7.40. The molecule has 1 saturated heterocycles. The zero-order chi connectivity index (χ0) is 32.8. The lowest BCUT2D eigenvalue weighted by molar-refractivity contribution is 0.121. The van der Waals surface area contributed by atoms with Gasteiger partial charge in [-0.1, -0.05) is 27.7 Å². The molecule has 1 aliphatic rings. The molecule has 10 nitrogen and oxygen atoms in total. The maximum atomic E-state index is 15.0. The van der Waals surface area contributed by atoms with E-state index >= 15 is 0 Å². The van der Waals surface area contributed by atoms with E-state index in [2.05, 4.69) is 0 Å². The summed E-state index contributed by atoms with van der Waals surface area (Å²) in [6.07, 6.45) is 0.428. The van der Waals surface area contributed by atoms with Gasteiger partial charge in [-0.2, -0.15) is 4.90 Å². The molecule has 2 heterocycles. The van der Waals surface area contributed by atoms with Gasteiger partial charge in [0.1, 0.15) is 17.3 Å². The second-order valence-corrected chi connectivity index (χ2v) is 11.9. The van der Waals surface area contributed by atoms with Crippen LogP contribution in [0.25, 0.3) is 10.9 Å². The first kappa shape index (κ1) is 33.5. The van der Waals surface area contributed by atoms with E-state index in [0.29, 0.717) is 13.1 Å². The van der Waals surface area contributed by atoms with Crippen LogP contribution in [-0.4, -0.2) is 57.3 Å². The van der Waals surface area contributed by atoms with Gasteiger partial charge in [0.05, 0.1) is 45.2 Å². The van der Waals surface area contributed by atoms with Crippen LogP contribution in [-0.2, 0) is 16.0 Å². The molecule has 244 valence electrons. The summed E-state index contributed by atoms with van der Waals surface area (Å²) in [5, 5.41) is 0.243. The number of benzene rings is 2. The Kier molecular flexibility index (Phi) is 10.9. The molecular weight excluding hydrogens is 588 g/mol. The third kappa shape index (κ3) is 7.49. The molecule has 0 atom stereocenters. The number of piperidine rings is 1. The molecule has 12 heteroatoms. The van der Waals surface area contributed by atoms with E-state index in [0.717, 1.165) is 42.4 Å². The molecule has 0 aliphatic carbocycles. The highest BCUT2D eigenvalue weighted by Crippen LogP contribution is 2.42. The van der Waals surface area contributed by atoms with Crippen molar-refractivity contribution in [3.63, 3.8) is 0 Å². The van der Waals surface area contributed by atoms with E-state index in [4.69, 9.17) is 18.9 Å². The summed E-state index contributed by atoms with van der Waals surface area (Å²) in [5.74, 6) is -0.951. The van der Waals surface area contributed by atoms with Crippen LogP contribution in [0.5, 0.6) is 11.5 Å². The summed E-state index contributed by atoms with van der Waals surface area (Å²) in [4.78, 5) is 44.8. The molecule has 45 heavy (non-hydrogen) atoms. The number of imide groups is 1. The van der Waals surface area contributed by atoms with Crippen molar-refractivity contribution in [3.05, 3.63) is 57.9 Å². The first-order valence-corrected chi connectivity index (χ1v) is 15.1. The molecule has 4 rings (SSSR count). The molecule has 3 aromatic rings. The van der Waals surface area contributed by atoms with E-state index in [1.54, 1.807) is 6.07 Å². The standard InChI is InChI=1S/C33H41F2N3O7/c1-20(2)18-44-32(40)38(33(41)45-19-21(3)4)29-24-15-27(42-5)28(43-6)16-26(24)37(17-22-14-23(34)10-11-25(22)35)31(39)30(29)36-12-8-7-9-13-36/h10-11,14-16,20-21H,7-9,12-13,17-19H2,1-6H3. The van der Waals surface area contributed by atoms with E-state index in [1.807, 2.05) is 32.6 Å². The van der Waals surface area contributed by atoms with Gasteiger partial charge in [-0.3, -0.25) is 4.79 Å². The highest BCUT2D eigenvalue weighted by Gasteiger charge is 2.36. The van der Waals surface area contributed by atoms with E-state index in [9.17, 15) is 23.2 Å². The number of ether oxygens (including phenoxy) is 4. The predicted octanol–water partition coefficient (Wildman–Crippen LogP) is 6.73. The fraction of sp³-hybridized carbons (Fsp3) is 0.485. The molecule has 0 saturated carbocycles. The van der Waals surface area contributed by atoms with Crippen LogP contribution in [0.1, 0.15) is 52.5 Å². The SMILES string of the molecule is COc1cc2c(N(C(=O)OCC(C)C)C(=O)OCC(C)C)c(N3CCCCC3)c(=O)n(Cc3cc(F)ccc3F)c2cc1OC. The van der Waals surface area contributed by atoms with Crippen molar-refractivity contribution in [1.29, 1.82) is 0 Å². The summed E-state index contributed by atoms with van der Waals surface area (Å²) in [6, 6.07) is 6.08. The number of anilines is 2. The zero-order valence-electron chi connectivity index (χ0n) is 26.7. The van der Waals surface area contributed by atoms with Crippen molar-refractivity contribution in [3.8, 4) is 11.5 Å². The van der Waals surface area contributed by atoms with E-state index in [1.165, 1.54) is 24.9 Å². The van der Waals surface area contributed by atoms with Crippen LogP contribution in [0, 0.1) is 23.5 Å². The number of nitrogens with zero attached hydrogens (tertiary/aromatic N) is 3. The van der Waals surface area contributed by atoms with Gasteiger partial charge in [-0.15, -0.1) is 0 Å². The molecule has 1 aromatic heterocycles. The zero-order valence-corrected chi connectivity index (χ0v) is 26.7. The van der Waals surface area contributed by atoms with E-state index < -0.39 is 29.4 Å². The number of aromatic nitrogens is 1. The Labute approximate surface area is 261 Å². The van der Waals surface area contributed by atoms with E-state index in [-0.39, 0.29) is 70.9 Å². The van der Waals surface area contributed by atoms with Crippen LogP contribution in [0.3, 0.4) is 0 Å². The average Bonchev–Trinajstić information content (AvgIpc) is 3.02. The van der Waals surface area contributed by atoms with Crippen LogP contribution >= 0.6 is 0 Å². The molecule has 1 aliphatic heterocycles. The number of pyridine rings is 1. The van der Waals surface area contributed by atoms with Gasteiger partial charge in [0.25, 0.3) is 5.56 Å². The summed E-state index contributed by atoms with van der Waals surface area (Å²) in [7, 11) is 2.85. The van der Waals surface area contributed by atoms with Gasteiger partial charge in [-0.05, 0) is 55.4 Å². The Bertz CT molecular complexity index is 1580. The predicted molar refractivity (Wildman–Crippen MR) is 168 cm³/mol. The lowest BCUT2D eigenvalue weighted by Crippen LogP contribution is -2.44. The highest BCUT2D eigenvalue weighted by atomic mass is 19.1. The van der Waals surface area contributed by atoms with Gasteiger partial charge < -0.3 is 28.4 Å². The Hall–Kier alpha value is -4.35. The molecule has 0 N–H and O–H groups in total. The van der Waals surface area contributed by atoms with Crippen LogP contribution < -0.4 is 24.8 Å². The first-order valence-electron chi connectivity index (χ1n) is 15.1. The smallest absolute Gasteiger partial charge is 0.424 e. The normalized spacial score (nSPS) is 13.3. The number of hydrogen-bond acceptors (Lipinski definition) is 8. The van der Waals surface area contributed by atoms with Crippen LogP contribution in [0.4, 0.5) is 29.7 Å². The minimum absolute atomic E-state index is 0.0107. The second-order valence-electron chi connectivity index (χ2n) is 11.9. The quantitative estimate of drug-likeness (QED) is 0.244. The second kappa shape index (κ2) is 14.6. The number of hydrogen-bond donors (Lipinski definition) is 0. The lowest BCUT2D eigenvalue weighted by atomic mass is 10.1. The number of carbonyl (C=O) groups is 2. The van der Waals surface area contributed by atoms with Crippen molar-refractivity contribution in [2.24, 2.45) is 11.8 Å². The van der Waals surface area contributed by atoms with Gasteiger partial charge >= 0.3 is 12.2 Å². The number of rotatable bonds is 10. The number of halogens is 2. The average molecular weight is 630 g/mol. The molecule has 0 radical (unpaired) electrons. The highest BCUT2D eigenvalue weighted by molar-refractivity contribution is 6.18. The molecular formula is C33H41F2N3O7. The van der Waals surface area contributed by atoms with Crippen molar-refractivity contribution in [2.45, 2.75) is 53.5 Å². The number of fused-ring (bicyclic) bond motifs is 1. The van der Waals surface area contributed by atoms with Gasteiger partial charge in [-0.25, -0.2) is 18.4 Å². The Morgan fingerprint density at radius 3 is 2.00 bits per heavy atom. The summed E-state index contributed by atoms with van der Waals surface area (Å²) in [6.45, 7) is 8.02. The summed E-state index contributed by atoms with van der Waals surface area (Å²) >= 11 is 0. The number of amides is 2. The fourth-order valence-electron chi connectivity index (χ4n) is 5.23. The fourth-order valence-corrected chi connectivity index (χ4v) is 5.23. The van der Waals surface area contributed by atoms with Gasteiger partial charge in [0.2, 0.25) is 0 Å². The number of methoxy groups -OCH3 is 2. The molecule has 0 unspecified atom stereocenters. The molecule has 2 amide bonds. The monoisotopic (exact) mass is 629 g/mol. The minimum atomic E-state index is -1.01. The molecule has 0 spiro atoms. The van der Waals surface area contributed by atoms with Gasteiger partial charge in [0.15, 0.2) is 11.5 Å². The van der Waals surface area contributed by atoms with Gasteiger partial charge in [0, 0.05) is 30.1 Å².